The molecule has 0 bridgehead atoms. The quantitative estimate of drug-likeness (QED) is 0.699. The molecule has 2 N–H and O–H groups in total. The van der Waals surface area contributed by atoms with Crippen LogP contribution in [0.4, 0.5) is 10.1 Å². The van der Waals surface area contributed by atoms with Crippen molar-refractivity contribution in [2.24, 2.45) is 0 Å². The molecule has 0 radical (unpaired) electrons. The minimum atomic E-state index is -0.580. The van der Waals surface area contributed by atoms with Crippen LogP contribution in [0.2, 0.25) is 0 Å². The summed E-state index contributed by atoms with van der Waals surface area (Å²) < 4.78 is 15.2. The molecule has 8 nitrogen and oxygen atoms in total. The van der Waals surface area contributed by atoms with Crippen LogP contribution in [0.3, 0.4) is 0 Å². The number of hydrogen-bond donors (Lipinski definition) is 2. The van der Waals surface area contributed by atoms with Crippen LogP contribution >= 0.6 is 0 Å². The molecule has 0 unspecified atom stereocenters. The molecule has 0 aliphatic rings. The first-order chi connectivity index (χ1) is 12.6. The van der Waals surface area contributed by atoms with Gasteiger partial charge in [0.25, 0.3) is 5.91 Å². The second-order valence-electron chi connectivity index (χ2n) is 5.34. The van der Waals surface area contributed by atoms with E-state index in [9.17, 15) is 14.0 Å². The number of amides is 2. The minimum Gasteiger partial charge on any atom is -0.352 e. The fourth-order valence-corrected chi connectivity index (χ4v) is 2.23. The first kappa shape index (κ1) is 17.2. The summed E-state index contributed by atoms with van der Waals surface area (Å²) >= 11 is 0. The normalized spacial score (nSPS) is 10.3. The maximum absolute atomic E-state index is 13.9. The Labute approximate surface area is 148 Å². The summed E-state index contributed by atoms with van der Waals surface area (Å²) in [5, 5.41) is 15.8. The summed E-state index contributed by atoms with van der Waals surface area (Å²) in [6.07, 6.45) is 1.37. The standard InChI is InChI=1S/C17H15FN6O2/c18-14-7-6-13(24-11-20-22-23-24)10-15(14)21-16(25)8-9-19-17(26)12-4-2-1-3-5-12/h1-7,10-11H,8-9H2,(H,19,26)(H,21,25). The van der Waals surface area contributed by atoms with Crippen molar-refractivity contribution in [2.75, 3.05) is 11.9 Å². The van der Waals surface area contributed by atoms with Gasteiger partial charge >= 0.3 is 0 Å². The highest BCUT2D eigenvalue weighted by Crippen LogP contribution is 2.18. The van der Waals surface area contributed by atoms with Crippen LogP contribution in [-0.4, -0.2) is 38.6 Å². The molecule has 0 saturated carbocycles. The number of nitrogens with one attached hydrogen (secondary N) is 2. The van der Waals surface area contributed by atoms with Crippen LogP contribution in [0, 0.1) is 5.82 Å². The van der Waals surface area contributed by atoms with Crippen LogP contribution < -0.4 is 10.6 Å². The van der Waals surface area contributed by atoms with Gasteiger partial charge < -0.3 is 10.6 Å². The van der Waals surface area contributed by atoms with E-state index in [1.54, 1.807) is 24.3 Å². The number of rotatable bonds is 6. The van der Waals surface area contributed by atoms with Gasteiger partial charge in [0, 0.05) is 18.5 Å². The lowest BCUT2D eigenvalue weighted by atomic mass is 10.2. The monoisotopic (exact) mass is 354 g/mol. The zero-order valence-electron chi connectivity index (χ0n) is 13.6. The molecule has 0 aliphatic carbocycles. The van der Waals surface area contributed by atoms with Crippen LogP contribution in [0.15, 0.2) is 54.9 Å². The van der Waals surface area contributed by atoms with Crippen LogP contribution in [0.1, 0.15) is 16.8 Å². The van der Waals surface area contributed by atoms with E-state index >= 15 is 0 Å². The molecule has 3 aromatic rings. The first-order valence-electron chi connectivity index (χ1n) is 7.79. The maximum atomic E-state index is 13.9. The molecular weight excluding hydrogens is 339 g/mol. The number of carbonyl (C=O) groups is 2. The molecule has 132 valence electrons. The third-order valence-electron chi connectivity index (χ3n) is 3.51. The number of carbonyl (C=O) groups excluding carboxylic acids is 2. The predicted molar refractivity (Wildman–Crippen MR) is 91.1 cm³/mol. The molecule has 0 aliphatic heterocycles. The summed E-state index contributed by atoms with van der Waals surface area (Å²) in [6, 6.07) is 12.8. The molecule has 9 heteroatoms. The molecule has 0 atom stereocenters. The average molecular weight is 354 g/mol. The van der Waals surface area contributed by atoms with Gasteiger partial charge in [-0.3, -0.25) is 9.59 Å². The van der Waals surface area contributed by atoms with Crippen molar-refractivity contribution >= 4 is 17.5 Å². The lowest BCUT2D eigenvalue weighted by Gasteiger charge is -2.09. The Balaban J connectivity index is 1.55. The van der Waals surface area contributed by atoms with Gasteiger partial charge in [0.1, 0.15) is 12.1 Å². The Kier molecular flexibility index (Phi) is 5.28. The van der Waals surface area contributed by atoms with Gasteiger partial charge in [0.2, 0.25) is 5.91 Å². The zero-order valence-corrected chi connectivity index (χ0v) is 13.6. The van der Waals surface area contributed by atoms with E-state index < -0.39 is 11.7 Å². The number of anilines is 1. The molecule has 26 heavy (non-hydrogen) atoms. The van der Waals surface area contributed by atoms with Crippen LogP contribution in [-0.2, 0) is 4.79 Å². The van der Waals surface area contributed by atoms with E-state index in [4.69, 9.17) is 0 Å². The van der Waals surface area contributed by atoms with Crippen molar-refractivity contribution in [1.29, 1.82) is 0 Å². The average Bonchev–Trinajstić information content (AvgIpc) is 3.19. The van der Waals surface area contributed by atoms with Gasteiger partial charge in [-0.05, 0) is 40.8 Å². The van der Waals surface area contributed by atoms with E-state index in [1.165, 1.54) is 29.2 Å². The number of benzene rings is 2. The van der Waals surface area contributed by atoms with Crippen LogP contribution in [0.5, 0.6) is 0 Å². The van der Waals surface area contributed by atoms with Crippen molar-refractivity contribution in [3.8, 4) is 5.69 Å². The summed E-state index contributed by atoms with van der Waals surface area (Å²) in [6.45, 7) is 0.133. The summed E-state index contributed by atoms with van der Waals surface area (Å²) in [5.74, 6) is -1.28. The van der Waals surface area contributed by atoms with Gasteiger partial charge in [-0.2, -0.15) is 0 Å². The van der Waals surface area contributed by atoms with E-state index in [2.05, 4.69) is 26.2 Å². The summed E-state index contributed by atoms with van der Waals surface area (Å²) in [5.41, 5.74) is 1.02. The third kappa shape index (κ3) is 4.26. The van der Waals surface area contributed by atoms with Crippen molar-refractivity contribution in [2.45, 2.75) is 6.42 Å². The SMILES string of the molecule is O=C(CCNC(=O)c1ccccc1)Nc1cc(-n2cnnn2)ccc1F. The molecule has 2 aromatic carbocycles. The Morgan fingerprint density at radius 3 is 2.65 bits per heavy atom. The second-order valence-corrected chi connectivity index (χ2v) is 5.34. The molecule has 0 spiro atoms. The number of aromatic nitrogens is 4. The van der Waals surface area contributed by atoms with Crippen molar-refractivity contribution in [1.82, 2.24) is 25.5 Å². The third-order valence-corrected chi connectivity index (χ3v) is 3.51. The van der Waals surface area contributed by atoms with E-state index in [0.717, 1.165) is 0 Å². The zero-order chi connectivity index (χ0) is 18.4. The number of nitrogens with zero attached hydrogens (tertiary/aromatic N) is 4. The van der Waals surface area contributed by atoms with Gasteiger partial charge in [0.05, 0.1) is 11.4 Å². The van der Waals surface area contributed by atoms with E-state index in [1.807, 2.05) is 6.07 Å². The fraction of sp³-hybridized carbons (Fsp3) is 0.118. The summed E-state index contributed by atoms with van der Waals surface area (Å²) in [4.78, 5) is 23.9. The lowest BCUT2D eigenvalue weighted by molar-refractivity contribution is -0.116. The number of halogens is 1. The molecular formula is C17H15FN6O2. The first-order valence-corrected chi connectivity index (χ1v) is 7.79. The largest absolute Gasteiger partial charge is 0.352 e. The molecule has 0 saturated heterocycles. The highest BCUT2D eigenvalue weighted by atomic mass is 19.1. The molecule has 2 amide bonds. The molecule has 0 fully saturated rings. The smallest absolute Gasteiger partial charge is 0.251 e. The van der Waals surface area contributed by atoms with Crippen LogP contribution in [0.25, 0.3) is 5.69 Å². The van der Waals surface area contributed by atoms with Gasteiger partial charge in [-0.25, -0.2) is 9.07 Å². The Hall–Kier alpha value is -3.62. The summed E-state index contributed by atoms with van der Waals surface area (Å²) in [7, 11) is 0. The van der Waals surface area contributed by atoms with Crippen molar-refractivity contribution in [3.05, 3.63) is 66.2 Å². The Morgan fingerprint density at radius 1 is 1.12 bits per heavy atom. The predicted octanol–water partition coefficient (Wildman–Crippen LogP) is 1.56. The van der Waals surface area contributed by atoms with Gasteiger partial charge in [0.15, 0.2) is 0 Å². The molecule has 1 heterocycles. The lowest BCUT2D eigenvalue weighted by Crippen LogP contribution is -2.27. The Morgan fingerprint density at radius 2 is 1.92 bits per heavy atom. The number of tetrazole rings is 1. The van der Waals surface area contributed by atoms with Crippen molar-refractivity contribution in [3.63, 3.8) is 0 Å². The maximum Gasteiger partial charge on any atom is 0.251 e. The van der Waals surface area contributed by atoms with Gasteiger partial charge in [-0.15, -0.1) is 5.10 Å². The Bertz CT molecular complexity index is 899. The molecule has 1 aromatic heterocycles. The highest BCUT2D eigenvalue weighted by molar-refractivity contribution is 5.95. The second kappa shape index (κ2) is 7.97. The van der Waals surface area contributed by atoms with E-state index in [0.29, 0.717) is 11.3 Å². The topological polar surface area (TPSA) is 102 Å². The van der Waals surface area contributed by atoms with Gasteiger partial charge in [-0.1, -0.05) is 18.2 Å². The van der Waals surface area contributed by atoms with E-state index in [-0.39, 0.29) is 24.6 Å². The molecule has 3 rings (SSSR count). The number of hydrogen-bond acceptors (Lipinski definition) is 5. The highest BCUT2D eigenvalue weighted by Gasteiger charge is 2.10. The fourth-order valence-electron chi connectivity index (χ4n) is 2.23. The minimum absolute atomic E-state index is 0.00707. The van der Waals surface area contributed by atoms with Crippen molar-refractivity contribution < 1.29 is 14.0 Å².